The fourth-order valence-corrected chi connectivity index (χ4v) is 5.18. The van der Waals surface area contributed by atoms with Crippen molar-refractivity contribution in [3.63, 3.8) is 0 Å². The Morgan fingerprint density at radius 1 is 1.14 bits per heavy atom. The van der Waals surface area contributed by atoms with Gasteiger partial charge in [-0.25, -0.2) is 9.82 Å². The number of halogens is 3. The maximum atomic E-state index is 13.3. The van der Waals surface area contributed by atoms with Crippen molar-refractivity contribution < 1.29 is 13.9 Å². The zero-order valence-electron chi connectivity index (χ0n) is 18.3. The van der Waals surface area contributed by atoms with E-state index < -0.39 is 0 Å². The third-order valence-corrected chi connectivity index (χ3v) is 6.15. The molecular weight excluding hydrogens is 679 g/mol. The van der Waals surface area contributed by atoms with Crippen molar-refractivity contribution in [3.05, 3.63) is 54.9 Å². The third-order valence-electron chi connectivity index (χ3n) is 4.72. The molecule has 1 aliphatic rings. The quantitative estimate of drug-likeness (QED) is 0.156. The number of benzene rings is 2. The van der Waals surface area contributed by atoms with E-state index in [1.165, 1.54) is 12.1 Å². The molecule has 35 heavy (non-hydrogen) atoms. The molecule has 3 aromatic rings. The zero-order chi connectivity index (χ0) is 24.6. The van der Waals surface area contributed by atoms with Crippen molar-refractivity contribution in [1.82, 2.24) is 15.0 Å². The number of morpholine rings is 1. The Labute approximate surface area is 229 Å². The van der Waals surface area contributed by atoms with Crippen LogP contribution in [-0.4, -0.2) is 54.1 Å². The van der Waals surface area contributed by atoms with Crippen LogP contribution in [0.25, 0.3) is 0 Å². The average Bonchev–Trinajstić information content (AvgIpc) is 2.85. The van der Waals surface area contributed by atoms with Crippen molar-refractivity contribution in [3.8, 4) is 18.1 Å². The first-order chi connectivity index (χ1) is 17.0. The molecule has 4 rings (SSSR count). The lowest BCUT2D eigenvalue weighted by atomic mass is 10.2. The second-order valence-corrected chi connectivity index (χ2v) is 9.59. The largest absolute Gasteiger partial charge is 0.479 e. The van der Waals surface area contributed by atoms with Crippen molar-refractivity contribution in [2.75, 3.05) is 48.6 Å². The normalized spacial score (nSPS) is 13.5. The lowest BCUT2D eigenvalue weighted by molar-refractivity contribution is 0.122. The standard InChI is InChI=1S/C23H20FI2N7O2/c1-2-9-35-20-15(12-17(25)13-19(20)26)14-27-32-22-29-21(28-18-5-3-16(24)4-6-18)30-23(31-22)33-7-10-34-11-8-33/h1,3-6,12-14H,7-11H2,(H2,28,29,30,31,32). The summed E-state index contributed by atoms with van der Waals surface area (Å²) in [6, 6.07) is 9.86. The molecule has 0 saturated carbocycles. The molecule has 0 amide bonds. The maximum Gasteiger partial charge on any atom is 0.250 e. The number of ether oxygens (including phenoxy) is 2. The highest BCUT2D eigenvalue weighted by Crippen LogP contribution is 2.27. The minimum absolute atomic E-state index is 0.152. The predicted octanol–water partition coefficient (Wildman–Crippen LogP) is 4.26. The molecule has 0 unspecified atom stereocenters. The maximum absolute atomic E-state index is 13.3. The second-order valence-electron chi connectivity index (χ2n) is 7.18. The average molecular weight is 699 g/mol. The third kappa shape index (κ3) is 7.12. The molecule has 1 aromatic heterocycles. The van der Waals surface area contributed by atoms with Crippen LogP contribution in [0.1, 0.15) is 5.56 Å². The SMILES string of the molecule is C#CCOc1c(I)cc(I)cc1C=NNc1nc(Nc2ccc(F)cc2)nc(N2CCOCC2)n1. The van der Waals surface area contributed by atoms with Crippen LogP contribution in [0.4, 0.5) is 27.9 Å². The van der Waals surface area contributed by atoms with Crippen LogP contribution in [0.3, 0.4) is 0 Å². The van der Waals surface area contributed by atoms with E-state index in [0.717, 1.165) is 12.7 Å². The van der Waals surface area contributed by atoms with E-state index in [2.05, 4.69) is 81.9 Å². The van der Waals surface area contributed by atoms with Gasteiger partial charge in [0.2, 0.25) is 17.8 Å². The topological polar surface area (TPSA) is 96.8 Å². The van der Waals surface area contributed by atoms with Gasteiger partial charge in [-0.1, -0.05) is 5.92 Å². The number of terminal acetylenes is 1. The van der Waals surface area contributed by atoms with Crippen LogP contribution in [0.5, 0.6) is 5.75 Å². The van der Waals surface area contributed by atoms with Gasteiger partial charge in [0, 0.05) is 27.9 Å². The molecule has 12 heteroatoms. The Kier molecular flexibility index (Phi) is 8.88. The van der Waals surface area contributed by atoms with Gasteiger partial charge in [-0.2, -0.15) is 20.1 Å². The smallest absolute Gasteiger partial charge is 0.250 e. The van der Waals surface area contributed by atoms with E-state index in [9.17, 15) is 4.39 Å². The van der Waals surface area contributed by atoms with Gasteiger partial charge >= 0.3 is 0 Å². The van der Waals surface area contributed by atoms with E-state index in [4.69, 9.17) is 15.9 Å². The van der Waals surface area contributed by atoms with Gasteiger partial charge < -0.3 is 19.7 Å². The first-order valence-electron chi connectivity index (χ1n) is 10.5. The summed E-state index contributed by atoms with van der Waals surface area (Å²) in [5.41, 5.74) is 4.28. The lowest BCUT2D eigenvalue weighted by Gasteiger charge is -2.27. The number of nitrogens with one attached hydrogen (secondary N) is 2. The van der Waals surface area contributed by atoms with Crippen molar-refractivity contribution >= 4 is 74.9 Å². The van der Waals surface area contributed by atoms with E-state index in [1.54, 1.807) is 18.3 Å². The lowest BCUT2D eigenvalue weighted by Crippen LogP contribution is -2.37. The van der Waals surface area contributed by atoms with Gasteiger partial charge in [0.25, 0.3) is 0 Å². The Bertz CT molecular complexity index is 1250. The summed E-state index contributed by atoms with van der Waals surface area (Å²) >= 11 is 4.43. The summed E-state index contributed by atoms with van der Waals surface area (Å²) in [5.74, 6) is 3.82. The summed E-state index contributed by atoms with van der Waals surface area (Å²) in [6.45, 7) is 2.62. The Hall–Kier alpha value is -2.77. The highest BCUT2D eigenvalue weighted by Gasteiger charge is 2.17. The summed E-state index contributed by atoms with van der Waals surface area (Å²) in [5, 5.41) is 7.41. The molecule has 0 atom stereocenters. The van der Waals surface area contributed by atoms with Gasteiger partial charge in [-0.15, -0.1) is 6.42 Å². The Morgan fingerprint density at radius 3 is 2.63 bits per heavy atom. The summed E-state index contributed by atoms with van der Waals surface area (Å²) in [4.78, 5) is 15.5. The molecule has 9 nitrogen and oxygen atoms in total. The molecular formula is C23H20FI2N7O2. The predicted molar refractivity (Wildman–Crippen MR) is 150 cm³/mol. The van der Waals surface area contributed by atoms with Gasteiger partial charge in [-0.05, 0) is 81.6 Å². The molecule has 0 bridgehead atoms. The number of anilines is 4. The van der Waals surface area contributed by atoms with Gasteiger partial charge in [0.15, 0.2) is 0 Å². The second kappa shape index (κ2) is 12.3. The summed E-state index contributed by atoms with van der Waals surface area (Å²) < 4.78 is 26.4. The molecule has 2 heterocycles. The van der Waals surface area contributed by atoms with Crippen LogP contribution in [0.2, 0.25) is 0 Å². The van der Waals surface area contributed by atoms with Crippen LogP contribution < -0.4 is 20.4 Å². The highest BCUT2D eigenvalue weighted by atomic mass is 127. The molecule has 0 radical (unpaired) electrons. The Balaban J connectivity index is 1.59. The number of hydrazone groups is 1. The number of nitrogens with zero attached hydrogens (tertiary/aromatic N) is 5. The fourth-order valence-electron chi connectivity index (χ4n) is 3.14. The zero-order valence-corrected chi connectivity index (χ0v) is 22.7. The molecule has 1 saturated heterocycles. The van der Waals surface area contributed by atoms with E-state index in [0.29, 0.717) is 49.6 Å². The minimum Gasteiger partial charge on any atom is -0.479 e. The Morgan fingerprint density at radius 2 is 1.89 bits per heavy atom. The summed E-state index contributed by atoms with van der Waals surface area (Å²) in [6.07, 6.45) is 6.98. The van der Waals surface area contributed by atoms with Crippen molar-refractivity contribution in [1.29, 1.82) is 0 Å². The minimum atomic E-state index is -0.326. The number of aromatic nitrogens is 3. The van der Waals surface area contributed by atoms with Crippen LogP contribution >= 0.6 is 45.2 Å². The van der Waals surface area contributed by atoms with E-state index in [-0.39, 0.29) is 18.4 Å². The molecule has 1 aliphatic heterocycles. The highest BCUT2D eigenvalue weighted by molar-refractivity contribution is 14.1. The van der Waals surface area contributed by atoms with Gasteiger partial charge in [0.05, 0.1) is 23.0 Å². The number of hydrogen-bond acceptors (Lipinski definition) is 9. The molecule has 0 spiro atoms. The van der Waals surface area contributed by atoms with Crippen LogP contribution in [0, 0.1) is 25.3 Å². The molecule has 2 aromatic carbocycles. The van der Waals surface area contributed by atoms with Crippen molar-refractivity contribution in [2.24, 2.45) is 5.10 Å². The van der Waals surface area contributed by atoms with Gasteiger partial charge in [-0.3, -0.25) is 0 Å². The van der Waals surface area contributed by atoms with Crippen LogP contribution in [-0.2, 0) is 4.74 Å². The molecule has 1 fully saturated rings. The number of hydrogen-bond donors (Lipinski definition) is 2. The molecule has 2 N–H and O–H groups in total. The van der Waals surface area contributed by atoms with E-state index >= 15 is 0 Å². The number of rotatable bonds is 8. The van der Waals surface area contributed by atoms with Crippen molar-refractivity contribution in [2.45, 2.75) is 0 Å². The summed E-state index contributed by atoms with van der Waals surface area (Å²) in [7, 11) is 0. The van der Waals surface area contributed by atoms with E-state index in [1.807, 2.05) is 17.0 Å². The van der Waals surface area contributed by atoms with Gasteiger partial charge in [0.1, 0.15) is 18.2 Å². The fraction of sp³-hybridized carbons (Fsp3) is 0.217. The first-order valence-corrected chi connectivity index (χ1v) is 12.6. The monoisotopic (exact) mass is 699 g/mol. The molecule has 0 aliphatic carbocycles. The molecule has 180 valence electrons. The van der Waals surface area contributed by atoms with Crippen LogP contribution in [0.15, 0.2) is 41.5 Å². The first kappa shape index (κ1) is 25.3.